The normalized spacial score (nSPS) is 37.5. The predicted octanol–water partition coefficient (Wildman–Crippen LogP) is 1.00. The molecule has 0 aromatic rings. The van der Waals surface area contributed by atoms with Gasteiger partial charge in [0, 0.05) is 12.1 Å². The van der Waals surface area contributed by atoms with E-state index >= 15 is 0 Å². The van der Waals surface area contributed by atoms with Crippen LogP contribution in [0.4, 0.5) is 8.78 Å². The van der Waals surface area contributed by atoms with E-state index < -0.39 is 12.5 Å². The lowest BCUT2D eigenvalue weighted by Gasteiger charge is -2.38. The summed E-state index contributed by atoms with van der Waals surface area (Å²) in [6.45, 7) is 2.65. The number of aliphatic hydroxyl groups is 1. The minimum absolute atomic E-state index is 0.0770. The maximum absolute atomic E-state index is 12.0. The zero-order chi connectivity index (χ0) is 11.1. The van der Waals surface area contributed by atoms with Crippen LogP contribution in [0.1, 0.15) is 19.8 Å². The summed E-state index contributed by atoms with van der Waals surface area (Å²) < 4.78 is 24.0. The predicted molar refractivity (Wildman–Crippen MR) is 52.4 cm³/mol. The van der Waals surface area contributed by atoms with Crippen LogP contribution in [0.5, 0.6) is 0 Å². The quantitative estimate of drug-likeness (QED) is 0.591. The Kier molecular flexibility index (Phi) is 2.70. The van der Waals surface area contributed by atoms with Crippen molar-refractivity contribution in [1.82, 2.24) is 5.32 Å². The van der Waals surface area contributed by atoms with Gasteiger partial charge in [-0.25, -0.2) is 0 Å². The van der Waals surface area contributed by atoms with E-state index in [4.69, 9.17) is 0 Å². The molecule has 15 heavy (non-hydrogen) atoms. The molecule has 2 fully saturated rings. The van der Waals surface area contributed by atoms with Crippen LogP contribution in [-0.4, -0.2) is 29.7 Å². The molecule has 0 amide bonds. The van der Waals surface area contributed by atoms with Crippen molar-refractivity contribution in [3.8, 4) is 11.8 Å². The molecule has 0 unspecified atom stereocenters. The molecule has 2 N–H and O–H groups in total. The van der Waals surface area contributed by atoms with Gasteiger partial charge in [0.05, 0.1) is 12.0 Å². The maximum Gasteiger partial charge on any atom is 0.298 e. The number of rotatable bonds is 0. The minimum Gasteiger partial charge on any atom is -0.391 e. The van der Waals surface area contributed by atoms with Gasteiger partial charge >= 0.3 is 0 Å². The number of aliphatic hydroxyl groups excluding tert-OH is 1. The molecule has 2 aliphatic rings. The number of hydrogen-bond donors (Lipinski definition) is 2. The molecule has 1 aliphatic heterocycles. The highest BCUT2D eigenvalue weighted by Crippen LogP contribution is 2.47. The van der Waals surface area contributed by atoms with Crippen molar-refractivity contribution in [2.75, 3.05) is 6.54 Å². The first-order valence-electron chi connectivity index (χ1n) is 5.27. The van der Waals surface area contributed by atoms with Crippen LogP contribution in [0, 0.1) is 23.7 Å². The van der Waals surface area contributed by atoms with Crippen LogP contribution in [0.15, 0.2) is 0 Å². The third-order valence-corrected chi connectivity index (χ3v) is 3.43. The molecule has 3 atom stereocenters. The summed E-state index contributed by atoms with van der Waals surface area (Å²) >= 11 is 0. The molecule has 0 aromatic carbocycles. The van der Waals surface area contributed by atoms with E-state index in [1.165, 1.54) is 0 Å². The van der Waals surface area contributed by atoms with Gasteiger partial charge < -0.3 is 10.4 Å². The third kappa shape index (κ3) is 1.99. The summed E-state index contributed by atoms with van der Waals surface area (Å²) in [5, 5.41) is 13.3. The average molecular weight is 215 g/mol. The molecule has 2 nitrogen and oxygen atoms in total. The molecule has 0 aromatic heterocycles. The molecule has 1 saturated heterocycles. The number of alkyl halides is 2. The highest BCUT2D eigenvalue weighted by molar-refractivity contribution is 5.23. The lowest BCUT2D eigenvalue weighted by molar-refractivity contribution is 0.0292. The number of nitrogens with one attached hydrogen (secondary N) is 1. The number of hydrogen-bond acceptors (Lipinski definition) is 2. The van der Waals surface area contributed by atoms with E-state index in [1.54, 1.807) is 0 Å². The van der Waals surface area contributed by atoms with Crippen molar-refractivity contribution in [2.45, 2.75) is 37.8 Å². The van der Waals surface area contributed by atoms with Gasteiger partial charge in [0.15, 0.2) is 0 Å². The highest BCUT2D eigenvalue weighted by Gasteiger charge is 2.54. The van der Waals surface area contributed by atoms with E-state index in [9.17, 15) is 13.9 Å². The Morgan fingerprint density at radius 1 is 1.47 bits per heavy atom. The molecule has 0 radical (unpaired) electrons. The minimum atomic E-state index is -2.61. The summed E-state index contributed by atoms with van der Waals surface area (Å²) in [7, 11) is 0. The van der Waals surface area contributed by atoms with Crippen molar-refractivity contribution in [3.05, 3.63) is 0 Å². The first-order valence-corrected chi connectivity index (χ1v) is 5.27. The molecule has 1 heterocycles. The van der Waals surface area contributed by atoms with Crippen molar-refractivity contribution in [2.24, 2.45) is 11.8 Å². The van der Waals surface area contributed by atoms with Gasteiger partial charge in [-0.2, -0.15) is 8.78 Å². The van der Waals surface area contributed by atoms with Crippen molar-refractivity contribution in [3.63, 3.8) is 0 Å². The van der Waals surface area contributed by atoms with Crippen LogP contribution in [0.3, 0.4) is 0 Å². The Morgan fingerprint density at radius 2 is 2.13 bits per heavy atom. The third-order valence-electron chi connectivity index (χ3n) is 3.43. The lowest BCUT2D eigenvalue weighted by Crippen LogP contribution is -2.54. The Labute approximate surface area is 88.1 Å². The zero-order valence-electron chi connectivity index (χ0n) is 8.63. The molecule has 84 valence electrons. The molecule has 2 rings (SSSR count). The second-order valence-electron chi connectivity index (χ2n) is 4.57. The Hall–Kier alpha value is -0.660. The fourth-order valence-electron chi connectivity index (χ4n) is 2.25. The monoisotopic (exact) mass is 215 g/mol. The molecular weight excluding hydrogens is 200 g/mol. The van der Waals surface area contributed by atoms with Gasteiger partial charge in [-0.15, -0.1) is 0 Å². The van der Waals surface area contributed by atoms with Crippen LogP contribution in [0.25, 0.3) is 0 Å². The largest absolute Gasteiger partial charge is 0.391 e. The highest BCUT2D eigenvalue weighted by atomic mass is 19.3. The Bertz CT molecular complexity index is 303. The van der Waals surface area contributed by atoms with Crippen molar-refractivity contribution >= 4 is 0 Å². The first-order chi connectivity index (χ1) is 7.05. The van der Waals surface area contributed by atoms with Crippen LogP contribution < -0.4 is 5.32 Å². The zero-order valence-corrected chi connectivity index (χ0v) is 8.63. The Balaban J connectivity index is 2.15. The fraction of sp³-hybridized carbons (Fsp3) is 0.818. The van der Waals surface area contributed by atoms with Gasteiger partial charge in [0.2, 0.25) is 0 Å². The SMILES string of the molecule is C[C@@H]1CNC2(CC2)[C@H](C#CC(F)F)[C@H]1O. The van der Waals surface area contributed by atoms with Gasteiger partial charge in [-0.05, 0) is 24.7 Å². The van der Waals surface area contributed by atoms with E-state index in [1.807, 2.05) is 12.8 Å². The Morgan fingerprint density at radius 3 is 2.67 bits per heavy atom. The van der Waals surface area contributed by atoms with Crippen molar-refractivity contribution in [1.29, 1.82) is 0 Å². The van der Waals surface area contributed by atoms with Crippen LogP contribution >= 0.6 is 0 Å². The molecule has 1 saturated carbocycles. The summed E-state index contributed by atoms with van der Waals surface area (Å²) in [5.41, 5.74) is -0.173. The second kappa shape index (κ2) is 3.73. The topological polar surface area (TPSA) is 32.3 Å². The molecule has 1 spiro atoms. The molecule has 1 aliphatic carbocycles. The van der Waals surface area contributed by atoms with E-state index in [-0.39, 0.29) is 17.4 Å². The standard InChI is InChI=1S/C11H15F2NO/c1-7-6-14-11(4-5-11)8(10(7)15)2-3-9(12)13/h7-10,14-15H,4-6H2,1H3/t7-,8-,10+/m1/s1. The van der Waals surface area contributed by atoms with Gasteiger partial charge in [0.25, 0.3) is 6.43 Å². The van der Waals surface area contributed by atoms with Crippen molar-refractivity contribution < 1.29 is 13.9 Å². The van der Waals surface area contributed by atoms with Gasteiger partial charge in [-0.3, -0.25) is 0 Å². The smallest absolute Gasteiger partial charge is 0.298 e. The van der Waals surface area contributed by atoms with Gasteiger partial charge in [-0.1, -0.05) is 12.8 Å². The average Bonchev–Trinajstić information content (AvgIpc) is 2.93. The van der Waals surface area contributed by atoms with Crippen LogP contribution in [0.2, 0.25) is 0 Å². The molecule has 0 bridgehead atoms. The summed E-state index contributed by atoms with van der Waals surface area (Å²) in [4.78, 5) is 0. The number of piperidine rings is 1. The lowest BCUT2D eigenvalue weighted by atomic mass is 9.81. The fourth-order valence-corrected chi connectivity index (χ4v) is 2.25. The maximum atomic E-state index is 12.0. The summed E-state index contributed by atoms with van der Waals surface area (Å²) in [6.07, 6.45) is -1.33. The first kappa shape index (κ1) is 10.8. The second-order valence-corrected chi connectivity index (χ2v) is 4.57. The summed E-state index contributed by atoms with van der Waals surface area (Å²) in [6, 6.07) is 0. The van der Waals surface area contributed by atoms with Gasteiger partial charge in [0.1, 0.15) is 0 Å². The number of halogens is 2. The van der Waals surface area contributed by atoms with E-state index in [0.717, 1.165) is 19.4 Å². The van der Waals surface area contributed by atoms with E-state index in [0.29, 0.717) is 0 Å². The van der Waals surface area contributed by atoms with E-state index in [2.05, 4.69) is 11.2 Å². The summed E-state index contributed by atoms with van der Waals surface area (Å²) in [5.74, 6) is 4.16. The van der Waals surface area contributed by atoms with Crippen LogP contribution in [-0.2, 0) is 0 Å². The molecule has 4 heteroatoms. The molecular formula is C11H15F2NO.